The molecule has 0 aliphatic carbocycles. The van der Waals surface area contributed by atoms with Crippen molar-refractivity contribution in [3.05, 3.63) is 11.7 Å². The number of piperidine rings is 1. The zero-order valence-electron chi connectivity index (χ0n) is 14.3. The number of hydrogen-bond donors (Lipinski definition) is 2. The lowest BCUT2D eigenvalue weighted by atomic mass is 9.80. The normalized spacial score (nSPS) is 28.0. The summed E-state index contributed by atoms with van der Waals surface area (Å²) in [5.41, 5.74) is -0.834. The molecule has 0 bridgehead atoms. The number of amides is 3. The Kier molecular flexibility index (Phi) is 4.84. The van der Waals surface area contributed by atoms with Crippen LogP contribution in [0.2, 0.25) is 0 Å². The van der Waals surface area contributed by atoms with Gasteiger partial charge in [0.1, 0.15) is 5.54 Å². The minimum absolute atomic E-state index is 0.0733. The van der Waals surface area contributed by atoms with Crippen molar-refractivity contribution >= 4 is 11.9 Å². The summed E-state index contributed by atoms with van der Waals surface area (Å²) < 4.78 is 5.28. The molecule has 8 heteroatoms. The standard InChI is InChI=1S/C16H25N5O3/c1-3-4-7-13-17-12(20-24-13)10-21-8-5-6-11(9-21)16(2)14(22)18-15(23)19-16/h11H,3-10H2,1-2H3,(H2,18,19,22,23)/t11-,16-/m0/s1. The van der Waals surface area contributed by atoms with Crippen LogP contribution in [-0.4, -0.2) is 45.6 Å². The zero-order chi connectivity index (χ0) is 17.2. The summed E-state index contributed by atoms with van der Waals surface area (Å²) in [7, 11) is 0. The molecule has 0 aromatic carbocycles. The van der Waals surface area contributed by atoms with Gasteiger partial charge in [-0.2, -0.15) is 4.98 Å². The molecule has 2 saturated heterocycles. The molecule has 0 unspecified atom stereocenters. The van der Waals surface area contributed by atoms with Gasteiger partial charge in [-0.25, -0.2) is 4.79 Å². The zero-order valence-corrected chi connectivity index (χ0v) is 14.3. The minimum atomic E-state index is -0.834. The van der Waals surface area contributed by atoms with Crippen molar-refractivity contribution in [3.63, 3.8) is 0 Å². The number of imide groups is 1. The smallest absolute Gasteiger partial charge is 0.322 e. The van der Waals surface area contributed by atoms with E-state index >= 15 is 0 Å². The van der Waals surface area contributed by atoms with Crippen molar-refractivity contribution in [1.29, 1.82) is 0 Å². The Labute approximate surface area is 141 Å². The Hall–Kier alpha value is -1.96. The second-order valence-electron chi connectivity index (χ2n) is 6.89. The minimum Gasteiger partial charge on any atom is -0.339 e. The maximum Gasteiger partial charge on any atom is 0.322 e. The number of urea groups is 1. The van der Waals surface area contributed by atoms with Gasteiger partial charge in [-0.3, -0.25) is 15.0 Å². The van der Waals surface area contributed by atoms with Crippen LogP contribution in [0.3, 0.4) is 0 Å². The average Bonchev–Trinajstić information content (AvgIpc) is 3.10. The Bertz CT molecular complexity index is 617. The number of aryl methyl sites for hydroxylation is 1. The average molecular weight is 335 g/mol. The molecule has 1 aromatic rings. The highest BCUT2D eigenvalue weighted by Crippen LogP contribution is 2.30. The van der Waals surface area contributed by atoms with Crippen LogP contribution in [0.1, 0.15) is 51.2 Å². The van der Waals surface area contributed by atoms with Crippen LogP contribution in [0.25, 0.3) is 0 Å². The van der Waals surface area contributed by atoms with E-state index in [-0.39, 0.29) is 11.8 Å². The summed E-state index contributed by atoms with van der Waals surface area (Å²) in [4.78, 5) is 30.3. The highest BCUT2D eigenvalue weighted by molar-refractivity contribution is 6.06. The van der Waals surface area contributed by atoms with Gasteiger partial charge in [-0.1, -0.05) is 18.5 Å². The number of rotatable bonds is 6. The predicted octanol–water partition coefficient (Wildman–Crippen LogP) is 1.22. The van der Waals surface area contributed by atoms with E-state index in [1.807, 2.05) is 0 Å². The molecule has 2 atom stereocenters. The van der Waals surface area contributed by atoms with Gasteiger partial charge in [-0.15, -0.1) is 0 Å². The fourth-order valence-electron chi connectivity index (χ4n) is 3.50. The van der Waals surface area contributed by atoms with Gasteiger partial charge >= 0.3 is 6.03 Å². The van der Waals surface area contributed by atoms with Crippen LogP contribution < -0.4 is 10.6 Å². The fourth-order valence-corrected chi connectivity index (χ4v) is 3.50. The van der Waals surface area contributed by atoms with E-state index in [0.717, 1.165) is 45.2 Å². The highest BCUT2D eigenvalue weighted by Gasteiger charge is 2.48. The molecule has 2 fully saturated rings. The lowest BCUT2D eigenvalue weighted by molar-refractivity contribution is -0.126. The van der Waals surface area contributed by atoms with Crippen LogP contribution >= 0.6 is 0 Å². The molecular weight excluding hydrogens is 310 g/mol. The van der Waals surface area contributed by atoms with Crippen molar-refractivity contribution in [2.45, 2.75) is 58.0 Å². The van der Waals surface area contributed by atoms with E-state index in [2.05, 4.69) is 32.6 Å². The van der Waals surface area contributed by atoms with E-state index < -0.39 is 11.6 Å². The summed E-state index contributed by atoms with van der Waals surface area (Å²) >= 11 is 0. The van der Waals surface area contributed by atoms with Crippen LogP contribution in [0.5, 0.6) is 0 Å². The number of nitrogens with one attached hydrogen (secondary N) is 2. The van der Waals surface area contributed by atoms with Gasteiger partial charge in [0.05, 0.1) is 6.54 Å². The van der Waals surface area contributed by atoms with Gasteiger partial charge in [0.25, 0.3) is 5.91 Å². The number of carbonyl (C=O) groups excluding carboxylic acids is 2. The molecule has 24 heavy (non-hydrogen) atoms. The molecule has 2 N–H and O–H groups in total. The first-order valence-corrected chi connectivity index (χ1v) is 8.68. The summed E-state index contributed by atoms with van der Waals surface area (Å²) in [5.74, 6) is 1.21. The molecule has 3 rings (SSSR count). The topological polar surface area (TPSA) is 100 Å². The van der Waals surface area contributed by atoms with E-state index in [1.165, 1.54) is 0 Å². The number of unbranched alkanes of at least 4 members (excludes halogenated alkanes) is 1. The summed E-state index contributed by atoms with van der Waals surface area (Å²) in [6, 6.07) is -0.404. The van der Waals surface area contributed by atoms with Crippen LogP contribution in [0, 0.1) is 5.92 Å². The first-order valence-electron chi connectivity index (χ1n) is 8.68. The largest absolute Gasteiger partial charge is 0.339 e. The van der Waals surface area contributed by atoms with Gasteiger partial charge in [0.15, 0.2) is 5.82 Å². The van der Waals surface area contributed by atoms with E-state index in [0.29, 0.717) is 18.3 Å². The van der Waals surface area contributed by atoms with Crippen molar-refractivity contribution in [1.82, 2.24) is 25.7 Å². The monoisotopic (exact) mass is 335 g/mol. The SMILES string of the molecule is CCCCc1nc(CN2CCC[C@H]([C@]3(C)NC(=O)NC3=O)C2)no1. The van der Waals surface area contributed by atoms with E-state index in [4.69, 9.17) is 4.52 Å². The van der Waals surface area contributed by atoms with Crippen molar-refractivity contribution < 1.29 is 14.1 Å². The third-order valence-corrected chi connectivity index (χ3v) is 5.01. The number of aromatic nitrogens is 2. The maximum atomic E-state index is 12.1. The molecule has 8 nitrogen and oxygen atoms in total. The Morgan fingerprint density at radius 1 is 1.42 bits per heavy atom. The summed E-state index contributed by atoms with van der Waals surface area (Å²) in [6.45, 7) is 6.20. The fraction of sp³-hybridized carbons (Fsp3) is 0.750. The third kappa shape index (κ3) is 3.43. The van der Waals surface area contributed by atoms with Gasteiger partial charge in [0.2, 0.25) is 5.89 Å². The molecule has 0 radical (unpaired) electrons. The Morgan fingerprint density at radius 3 is 2.96 bits per heavy atom. The third-order valence-electron chi connectivity index (χ3n) is 5.01. The van der Waals surface area contributed by atoms with Gasteiger partial charge in [-0.05, 0) is 32.7 Å². The lowest BCUT2D eigenvalue weighted by Crippen LogP contribution is -2.55. The van der Waals surface area contributed by atoms with E-state index in [1.54, 1.807) is 6.92 Å². The Balaban J connectivity index is 1.60. The molecule has 2 aliphatic heterocycles. The molecule has 0 saturated carbocycles. The molecular formula is C16H25N5O3. The molecule has 3 amide bonds. The summed E-state index contributed by atoms with van der Waals surface area (Å²) in [6.07, 6.45) is 4.84. The number of likely N-dealkylation sites (tertiary alicyclic amines) is 1. The molecule has 0 spiro atoms. The van der Waals surface area contributed by atoms with Crippen LogP contribution in [-0.2, 0) is 17.8 Å². The highest BCUT2D eigenvalue weighted by atomic mass is 16.5. The maximum absolute atomic E-state index is 12.1. The molecule has 132 valence electrons. The first-order chi connectivity index (χ1) is 11.5. The van der Waals surface area contributed by atoms with Crippen LogP contribution in [0.15, 0.2) is 4.52 Å². The quantitative estimate of drug-likeness (QED) is 0.758. The second-order valence-corrected chi connectivity index (χ2v) is 6.89. The molecule has 2 aliphatic rings. The Morgan fingerprint density at radius 2 is 2.25 bits per heavy atom. The second kappa shape index (κ2) is 6.88. The number of carbonyl (C=O) groups is 2. The lowest BCUT2D eigenvalue weighted by Gasteiger charge is -2.39. The van der Waals surface area contributed by atoms with Crippen molar-refractivity contribution in [2.75, 3.05) is 13.1 Å². The first kappa shape index (κ1) is 16.9. The van der Waals surface area contributed by atoms with Gasteiger partial charge in [0, 0.05) is 18.9 Å². The van der Waals surface area contributed by atoms with Crippen molar-refractivity contribution in [3.8, 4) is 0 Å². The summed E-state index contributed by atoms with van der Waals surface area (Å²) in [5, 5.41) is 9.18. The molecule has 3 heterocycles. The predicted molar refractivity (Wildman–Crippen MR) is 86.0 cm³/mol. The van der Waals surface area contributed by atoms with Gasteiger partial charge < -0.3 is 9.84 Å². The number of hydrogen-bond acceptors (Lipinski definition) is 6. The van der Waals surface area contributed by atoms with Crippen LogP contribution in [0.4, 0.5) is 4.79 Å². The van der Waals surface area contributed by atoms with Crippen molar-refractivity contribution in [2.24, 2.45) is 5.92 Å². The van der Waals surface area contributed by atoms with E-state index in [9.17, 15) is 9.59 Å². The number of nitrogens with zero attached hydrogens (tertiary/aromatic N) is 3. The molecule has 1 aromatic heterocycles.